The average molecular weight is 283 g/mol. The first-order valence-electron chi connectivity index (χ1n) is 5.94. The van der Waals surface area contributed by atoms with Crippen molar-refractivity contribution in [2.45, 2.75) is 6.54 Å². The molecule has 0 spiro atoms. The molecule has 0 aliphatic carbocycles. The van der Waals surface area contributed by atoms with Gasteiger partial charge in [-0.2, -0.15) is 11.8 Å². The third kappa shape index (κ3) is 4.65. The number of methoxy groups -OCH3 is 1. The zero-order valence-corrected chi connectivity index (χ0v) is 12.4. The fourth-order valence-corrected chi connectivity index (χ4v) is 2.24. The van der Waals surface area contributed by atoms with Crippen LogP contribution < -0.4 is 10.5 Å². The molecule has 106 valence electrons. The fraction of sp³-hybridized carbons (Fsp3) is 0.462. The average Bonchev–Trinajstić information content (AvgIpc) is 2.44. The van der Waals surface area contributed by atoms with Crippen molar-refractivity contribution in [2.24, 2.45) is 10.9 Å². The molecule has 0 heterocycles. The molecule has 0 atom stereocenters. The van der Waals surface area contributed by atoms with Gasteiger partial charge in [-0.3, -0.25) is 0 Å². The molecule has 0 radical (unpaired) electrons. The smallest absolute Gasteiger partial charge is 0.173 e. The first-order chi connectivity index (χ1) is 9.12. The van der Waals surface area contributed by atoms with Gasteiger partial charge in [-0.05, 0) is 31.0 Å². The number of rotatable bonds is 7. The SMILES string of the molecule is COc1ccc(CN(C)CCSC)cc1/C(N)=N/O. The summed E-state index contributed by atoms with van der Waals surface area (Å²) in [6, 6.07) is 5.72. The van der Waals surface area contributed by atoms with Crippen molar-refractivity contribution < 1.29 is 9.94 Å². The molecule has 1 aromatic carbocycles. The van der Waals surface area contributed by atoms with Gasteiger partial charge in [0, 0.05) is 18.8 Å². The van der Waals surface area contributed by atoms with E-state index >= 15 is 0 Å². The summed E-state index contributed by atoms with van der Waals surface area (Å²) < 4.78 is 5.20. The second kappa shape index (κ2) is 7.91. The van der Waals surface area contributed by atoms with Gasteiger partial charge in [0.25, 0.3) is 0 Å². The van der Waals surface area contributed by atoms with E-state index < -0.39 is 0 Å². The van der Waals surface area contributed by atoms with Crippen molar-refractivity contribution in [3.8, 4) is 5.75 Å². The van der Waals surface area contributed by atoms with Gasteiger partial charge in [-0.25, -0.2) is 0 Å². The molecule has 5 nitrogen and oxygen atoms in total. The molecule has 0 aliphatic heterocycles. The van der Waals surface area contributed by atoms with E-state index in [1.54, 1.807) is 7.11 Å². The molecule has 19 heavy (non-hydrogen) atoms. The van der Waals surface area contributed by atoms with E-state index in [0.29, 0.717) is 11.3 Å². The van der Waals surface area contributed by atoms with Crippen LogP contribution in [0, 0.1) is 0 Å². The van der Waals surface area contributed by atoms with Crippen molar-refractivity contribution in [1.82, 2.24) is 4.90 Å². The zero-order chi connectivity index (χ0) is 14.3. The van der Waals surface area contributed by atoms with Crippen LogP contribution in [0.5, 0.6) is 5.75 Å². The standard InChI is InChI=1S/C13H21N3O2S/c1-16(6-7-19-3)9-10-4-5-12(18-2)11(8-10)13(14)15-17/h4-5,8,17H,6-7,9H2,1-3H3,(H2,14,15). The molecule has 3 N–H and O–H groups in total. The first-order valence-corrected chi connectivity index (χ1v) is 7.34. The summed E-state index contributed by atoms with van der Waals surface area (Å²) in [4.78, 5) is 2.23. The molecule has 0 unspecified atom stereocenters. The molecule has 0 aliphatic rings. The van der Waals surface area contributed by atoms with Crippen LogP contribution in [0.4, 0.5) is 0 Å². The number of nitrogens with two attached hydrogens (primary N) is 1. The number of thioether (sulfide) groups is 1. The summed E-state index contributed by atoms with van der Waals surface area (Å²) in [6.45, 7) is 1.84. The topological polar surface area (TPSA) is 71.1 Å². The monoisotopic (exact) mass is 283 g/mol. The highest BCUT2D eigenvalue weighted by molar-refractivity contribution is 7.98. The molecule has 0 saturated carbocycles. The maximum atomic E-state index is 8.79. The van der Waals surface area contributed by atoms with Crippen molar-refractivity contribution >= 4 is 17.6 Å². The van der Waals surface area contributed by atoms with Crippen LogP contribution >= 0.6 is 11.8 Å². The summed E-state index contributed by atoms with van der Waals surface area (Å²) in [5.41, 5.74) is 7.37. The Bertz CT molecular complexity index is 438. The Kier molecular flexibility index (Phi) is 6.52. The van der Waals surface area contributed by atoms with Crippen LogP contribution in [-0.2, 0) is 6.54 Å². The Labute approximate surface area is 118 Å². The minimum Gasteiger partial charge on any atom is -0.496 e. The van der Waals surface area contributed by atoms with Gasteiger partial charge in [-0.1, -0.05) is 11.2 Å². The number of oxime groups is 1. The summed E-state index contributed by atoms with van der Waals surface area (Å²) in [5, 5.41) is 11.8. The molecule has 0 fully saturated rings. The number of hydrogen-bond acceptors (Lipinski definition) is 5. The van der Waals surface area contributed by atoms with Crippen LogP contribution in [-0.4, -0.2) is 48.7 Å². The van der Waals surface area contributed by atoms with E-state index in [9.17, 15) is 0 Å². The van der Waals surface area contributed by atoms with Crippen LogP contribution in [0.1, 0.15) is 11.1 Å². The molecule has 0 saturated heterocycles. The van der Waals surface area contributed by atoms with E-state index in [4.69, 9.17) is 15.7 Å². The third-order valence-corrected chi connectivity index (χ3v) is 3.37. The molecule has 6 heteroatoms. The maximum Gasteiger partial charge on any atom is 0.173 e. The van der Waals surface area contributed by atoms with E-state index in [1.807, 2.05) is 30.0 Å². The Hall–Kier alpha value is -1.40. The fourth-order valence-electron chi connectivity index (χ4n) is 1.75. The van der Waals surface area contributed by atoms with Crippen LogP contribution in [0.2, 0.25) is 0 Å². The lowest BCUT2D eigenvalue weighted by molar-refractivity contribution is 0.318. The summed E-state index contributed by atoms with van der Waals surface area (Å²) in [5.74, 6) is 1.76. The second-order valence-corrected chi connectivity index (χ2v) is 5.24. The Balaban J connectivity index is 2.86. The molecular formula is C13H21N3O2S. The Morgan fingerprint density at radius 1 is 1.53 bits per heavy atom. The Morgan fingerprint density at radius 3 is 2.84 bits per heavy atom. The lowest BCUT2D eigenvalue weighted by atomic mass is 10.1. The quantitative estimate of drug-likeness (QED) is 0.344. The van der Waals surface area contributed by atoms with Crippen LogP contribution in [0.15, 0.2) is 23.4 Å². The van der Waals surface area contributed by atoms with E-state index in [0.717, 1.165) is 24.4 Å². The van der Waals surface area contributed by atoms with Gasteiger partial charge >= 0.3 is 0 Å². The highest BCUT2D eigenvalue weighted by atomic mass is 32.2. The second-order valence-electron chi connectivity index (χ2n) is 4.25. The number of nitrogens with zero attached hydrogens (tertiary/aromatic N) is 2. The summed E-state index contributed by atoms with van der Waals surface area (Å²) in [7, 11) is 3.64. The van der Waals surface area contributed by atoms with Gasteiger partial charge in [0.1, 0.15) is 5.75 Å². The molecular weight excluding hydrogens is 262 g/mol. The summed E-state index contributed by atoms with van der Waals surface area (Å²) in [6.07, 6.45) is 2.09. The van der Waals surface area contributed by atoms with Crippen LogP contribution in [0.25, 0.3) is 0 Å². The van der Waals surface area contributed by atoms with Crippen LogP contribution in [0.3, 0.4) is 0 Å². The molecule has 1 rings (SSSR count). The zero-order valence-electron chi connectivity index (χ0n) is 11.6. The highest BCUT2D eigenvalue weighted by Gasteiger charge is 2.10. The Morgan fingerprint density at radius 2 is 2.26 bits per heavy atom. The maximum absolute atomic E-state index is 8.79. The molecule has 0 aromatic heterocycles. The third-order valence-electron chi connectivity index (χ3n) is 2.78. The van der Waals surface area contributed by atoms with Crippen molar-refractivity contribution in [2.75, 3.05) is 32.7 Å². The number of ether oxygens (including phenoxy) is 1. The summed E-state index contributed by atoms with van der Waals surface area (Å²) >= 11 is 1.82. The molecule has 1 aromatic rings. The number of hydrogen-bond donors (Lipinski definition) is 2. The van der Waals surface area contributed by atoms with Gasteiger partial charge in [0.2, 0.25) is 0 Å². The highest BCUT2D eigenvalue weighted by Crippen LogP contribution is 2.20. The molecule has 0 amide bonds. The van der Waals surface area contributed by atoms with Gasteiger partial charge in [0.05, 0.1) is 12.7 Å². The van der Waals surface area contributed by atoms with E-state index in [-0.39, 0.29) is 5.84 Å². The van der Waals surface area contributed by atoms with Gasteiger partial charge in [-0.15, -0.1) is 0 Å². The normalized spacial score (nSPS) is 11.9. The lowest BCUT2D eigenvalue weighted by Crippen LogP contribution is -2.21. The number of benzene rings is 1. The largest absolute Gasteiger partial charge is 0.496 e. The van der Waals surface area contributed by atoms with Crippen molar-refractivity contribution in [3.05, 3.63) is 29.3 Å². The minimum atomic E-state index is 0.0606. The van der Waals surface area contributed by atoms with Gasteiger partial charge in [0.15, 0.2) is 5.84 Å². The van der Waals surface area contributed by atoms with E-state index in [1.165, 1.54) is 0 Å². The predicted octanol–water partition coefficient (Wildman–Crippen LogP) is 1.58. The minimum absolute atomic E-state index is 0.0606. The van der Waals surface area contributed by atoms with E-state index in [2.05, 4.69) is 23.4 Å². The van der Waals surface area contributed by atoms with Gasteiger partial charge < -0.3 is 20.6 Å². The molecule has 0 bridgehead atoms. The van der Waals surface area contributed by atoms with Crippen molar-refractivity contribution in [1.29, 1.82) is 0 Å². The first kappa shape index (κ1) is 15.7. The number of amidine groups is 1. The lowest BCUT2D eigenvalue weighted by Gasteiger charge is -2.17. The van der Waals surface area contributed by atoms with Crippen molar-refractivity contribution in [3.63, 3.8) is 0 Å². The predicted molar refractivity (Wildman–Crippen MR) is 80.2 cm³/mol.